The van der Waals surface area contributed by atoms with Crippen LogP contribution in [0.2, 0.25) is 0 Å². The molecule has 0 aliphatic heterocycles. The number of hydrogen-bond acceptors (Lipinski definition) is 7. The molecule has 0 unspecified atom stereocenters. The summed E-state index contributed by atoms with van der Waals surface area (Å²) in [5.74, 6) is 0. The van der Waals surface area contributed by atoms with Crippen LogP contribution in [0.4, 0.5) is 0 Å². The van der Waals surface area contributed by atoms with Crippen molar-refractivity contribution in [1.82, 2.24) is 15.0 Å². The zero-order valence-corrected chi connectivity index (χ0v) is 11.6. The molecule has 17 heavy (non-hydrogen) atoms. The number of aliphatic hydroxyl groups excluding tert-OH is 2. The largest absolute Gasteiger partial charge is 0.395 e. The van der Waals surface area contributed by atoms with E-state index in [1.807, 2.05) is 0 Å². The van der Waals surface area contributed by atoms with Crippen LogP contribution < -0.4 is 11.5 Å². The van der Waals surface area contributed by atoms with Gasteiger partial charge in [-0.1, -0.05) is 0 Å². The number of aliphatic hydroxyl groups is 2. The molecule has 1 heterocycles. The van der Waals surface area contributed by atoms with Crippen LogP contribution in [0.3, 0.4) is 0 Å². The van der Waals surface area contributed by atoms with Crippen molar-refractivity contribution in [3.05, 3.63) is 14.3 Å². The van der Waals surface area contributed by atoms with E-state index in [4.69, 9.17) is 58.3 Å². The molecule has 10 heteroatoms. The summed E-state index contributed by atoms with van der Waals surface area (Å²) in [6.07, 6.45) is 0. The Hall–Kier alpha value is -0.490. The summed E-state index contributed by atoms with van der Waals surface area (Å²) in [6, 6.07) is 0. The minimum atomic E-state index is 0.0972. The van der Waals surface area contributed by atoms with Crippen molar-refractivity contribution in [2.45, 2.75) is 0 Å². The van der Waals surface area contributed by atoms with E-state index < -0.39 is 0 Å². The molecule has 0 saturated heterocycles. The van der Waals surface area contributed by atoms with Gasteiger partial charge in [-0.2, -0.15) is 0 Å². The first kappa shape index (κ1) is 18.9. The maximum atomic E-state index is 7.75. The van der Waals surface area contributed by atoms with Gasteiger partial charge in [-0.25, -0.2) is 0 Å². The summed E-state index contributed by atoms with van der Waals surface area (Å²) in [6.45, 7) is 0.944. The molecule has 0 spiro atoms. The fourth-order valence-electron chi connectivity index (χ4n) is 0.403. The zero-order chi connectivity index (χ0) is 13.7. The number of H-pyrrole nitrogens is 3. The molecule has 0 bridgehead atoms. The Morgan fingerprint density at radius 2 is 0.941 bits per heavy atom. The van der Waals surface area contributed by atoms with Gasteiger partial charge in [-0.3, -0.25) is 0 Å². The third-order valence-corrected chi connectivity index (χ3v) is 1.55. The van der Waals surface area contributed by atoms with E-state index in [2.05, 4.69) is 15.0 Å². The number of nitrogens with one attached hydrogen (secondary N) is 3. The van der Waals surface area contributed by atoms with E-state index in [1.54, 1.807) is 0 Å². The van der Waals surface area contributed by atoms with E-state index >= 15 is 0 Å². The van der Waals surface area contributed by atoms with Crippen molar-refractivity contribution >= 4 is 36.7 Å². The van der Waals surface area contributed by atoms with Gasteiger partial charge in [-0.15, -0.1) is 0 Å². The average Bonchev–Trinajstić information content (AvgIpc) is 2.28. The average molecular weight is 299 g/mol. The van der Waals surface area contributed by atoms with Gasteiger partial charge < -0.3 is 36.6 Å². The highest BCUT2D eigenvalue weighted by Crippen LogP contribution is 1.79. The van der Waals surface area contributed by atoms with Crippen molar-refractivity contribution in [3.8, 4) is 0 Å². The fourth-order valence-corrected chi connectivity index (χ4v) is 1.21. The SMILES string of the molecule is NCCO.NCCO.S=c1[nH]c(=S)[nH]c(=S)[nH]1. The van der Waals surface area contributed by atoms with Crippen LogP contribution in [0.15, 0.2) is 0 Å². The maximum Gasteiger partial charge on any atom is 0.178 e. The molecule has 0 saturated carbocycles. The molecule has 0 aromatic carbocycles. The standard InChI is InChI=1S/C3H3N3S3.2C2H7NO/c7-1-4-2(8)6-3(9)5-1;2*3-1-2-4/h(H3,4,5,6,7,8,9);2*4H,1-3H2. The number of nitrogens with two attached hydrogens (primary N) is 2. The van der Waals surface area contributed by atoms with Crippen LogP contribution in [0, 0.1) is 14.3 Å². The third kappa shape index (κ3) is 15.5. The summed E-state index contributed by atoms with van der Waals surface area (Å²) < 4.78 is 1.34. The molecule has 1 rings (SSSR count). The Morgan fingerprint density at radius 1 is 0.765 bits per heavy atom. The molecule has 9 N–H and O–H groups in total. The highest BCUT2D eigenvalue weighted by atomic mass is 32.1. The van der Waals surface area contributed by atoms with Crippen LogP contribution in [0.25, 0.3) is 0 Å². The highest BCUT2D eigenvalue weighted by Gasteiger charge is 1.76. The Bertz CT molecular complexity index is 340. The lowest BCUT2D eigenvalue weighted by Crippen LogP contribution is -2.02. The molecular formula is C7H17N5O2S3. The molecule has 1 aromatic rings. The first-order valence-corrected chi connectivity index (χ1v) is 5.79. The molecule has 0 amide bonds. The van der Waals surface area contributed by atoms with E-state index in [0.29, 0.717) is 27.4 Å². The lowest BCUT2D eigenvalue weighted by Gasteiger charge is -1.84. The lowest BCUT2D eigenvalue weighted by molar-refractivity contribution is 0.306. The number of rotatable bonds is 2. The lowest BCUT2D eigenvalue weighted by atomic mass is 10.8. The topological polar surface area (TPSA) is 140 Å². The molecule has 7 nitrogen and oxygen atoms in total. The normalized spacial score (nSPS) is 8.47. The van der Waals surface area contributed by atoms with Gasteiger partial charge in [-0.05, 0) is 36.7 Å². The Balaban J connectivity index is 0. The predicted molar refractivity (Wildman–Crippen MR) is 74.3 cm³/mol. The minimum Gasteiger partial charge on any atom is -0.395 e. The second-order valence-electron chi connectivity index (χ2n) is 2.39. The third-order valence-electron chi connectivity index (χ3n) is 0.939. The number of hydrogen-bond donors (Lipinski definition) is 7. The molecule has 100 valence electrons. The van der Waals surface area contributed by atoms with Gasteiger partial charge in [0, 0.05) is 13.1 Å². The van der Waals surface area contributed by atoms with Crippen LogP contribution in [-0.4, -0.2) is 51.5 Å². The van der Waals surface area contributed by atoms with Gasteiger partial charge in [0.1, 0.15) is 0 Å². The molecule has 0 aliphatic carbocycles. The number of aromatic amines is 3. The minimum absolute atomic E-state index is 0.0972. The summed E-state index contributed by atoms with van der Waals surface area (Å²) in [7, 11) is 0. The van der Waals surface area contributed by atoms with Crippen molar-refractivity contribution in [3.63, 3.8) is 0 Å². The van der Waals surface area contributed by atoms with Gasteiger partial charge in [0.25, 0.3) is 0 Å². The molecule has 0 radical (unpaired) electrons. The maximum absolute atomic E-state index is 7.75. The summed E-state index contributed by atoms with van der Waals surface area (Å²) in [5.41, 5.74) is 9.56. The van der Waals surface area contributed by atoms with Crippen molar-refractivity contribution in [1.29, 1.82) is 0 Å². The van der Waals surface area contributed by atoms with Crippen molar-refractivity contribution in [2.24, 2.45) is 11.5 Å². The second kappa shape index (κ2) is 13.6. The van der Waals surface area contributed by atoms with Crippen LogP contribution in [0.1, 0.15) is 0 Å². The number of aromatic nitrogens is 3. The van der Waals surface area contributed by atoms with Crippen LogP contribution >= 0.6 is 36.7 Å². The molecule has 0 atom stereocenters. The first-order chi connectivity index (χ1) is 8.01. The van der Waals surface area contributed by atoms with E-state index in [-0.39, 0.29) is 13.2 Å². The molecule has 0 fully saturated rings. The van der Waals surface area contributed by atoms with Gasteiger partial charge in [0.2, 0.25) is 0 Å². The van der Waals surface area contributed by atoms with Crippen molar-refractivity contribution < 1.29 is 10.2 Å². The summed E-state index contributed by atoms with van der Waals surface area (Å²) in [4.78, 5) is 7.99. The second-order valence-corrected chi connectivity index (χ2v) is 3.61. The van der Waals surface area contributed by atoms with Crippen molar-refractivity contribution in [2.75, 3.05) is 26.3 Å². The van der Waals surface area contributed by atoms with E-state index in [1.165, 1.54) is 0 Å². The monoisotopic (exact) mass is 299 g/mol. The van der Waals surface area contributed by atoms with Crippen LogP contribution in [-0.2, 0) is 0 Å². The van der Waals surface area contributed by atoms with Gasteiger partial charge >= 0.3 is 0 Å². The predicted octanol–water partition coefficient (Wildman–Crippen LogP) is -0.266. The summed E-state index contributed by atoms with van der Waals surface area (Å²) >= 11 is 14.2. The Morgan fingerprint density at radius 3 is 1.06 bits per heavy atom. The quantitative estimate of drug-likeness (QED) is 0.373. The highest BCUT2D eigenvalue weighted by molar-refractivity contribution is 7.72. The Labute approximate surface area is 114 Å². The zero-order valence-electron chi connectivity index (χ0n) is 9.10. The Kier molecular flexibility index (Phi) is 15.1. The fraction of sp³-hybridized carbons (Fsp3) is 0.571. The van der Waals surface area contributed by atoms with E-state index in [0.717, 1.165) is 0 Å². The van der Waals surface area contributed by atoms with Crippen LogP contribution in [0.5, 0.6) is 0 Å². The first-order valence-electron chi connectivity index (χ1n) is 4.56. The van der Waals surface area contributed by atoms with Gasteiger partial charge in [0.05, 0.1) is 13.2 Å². The molecular weight excluding hydrogens is 282 g/mol. The smallest absolute Gasteiger partial charge is 0.178 e. The van der Waals surface area contributed by atoms with E-state index in [9.17, 15) is 0 Å². The molecule has 1 aromatic heterocycles. The summed E-state index contributed by atoms with van der Waals surface area (Å²) in [5, 5.41) is 15.5. The van der Waals surface area contributed by atoms with Gasteiger partial charge in [0.15, 0.2) is 14.3 Å². The molecule has 0 aliphatic rings.